The van der Waals surface area contributed by atoms with Crippen LogP contribution >= 0.6 is 0 Å². The van der Waals surface area contributed by atoms with E-state index in [4.69, 9.17) is 0 Å². The molecule has 2 aromatic carbocycles. The number of carbonyl (C=O) groups excluding carboxylic acids is 1. The zero-order valence-corrected chi connectivity index (χ0v) is 17.9. The lowest BCUT2D eigenvalue weighted by Crippen LogP contribution is -2.43. The highest BCUT2D eigenvalue weighted by molar-refractivity contribution is 7.89. The van der Waals surface area contributed by atoms with Crippen LogP contribution in [0.3, 0.4) is 0 Å². The highest BCUT2D eigenvalue weighted by atomic mass is 32.2. The Bertz CT molecular complexity index is 910. The van der Waals surface area contributed by atoms with E-state index in [1.54, 1.807) is 30.3 Å². The summed E-state index contributed by atoms with van der Waals surface area (Å²) in [4.78, 5) is 15.3. The molecule has 3 rings (SSSR count). The maximum absolute atomic E-state index is 12.9. The van der Waals surface area contributed by atoms with Crippen LogP contribution in [-0.2, 0) is 14.8 Å². The van der Waals surface area contributed by atoms with Crippen molar-refractivity contribution in [3.63, 3.8) is 0 Å². The van der Waals surface area contributed by atoms with Gasteiger partial charge in [0.15, 0.2) is 0 Å². The van der Waals surface area contributed by atoms with Crippen LogP contribution in [0.2, 0.25) is 0 Å². The molecule has 1 amide bonds. The summed E-state index contributed by atoms with van der Waals surface area (Å²) in [7, 11) is -3.57. The fourth-order valence-corrected chi connectivity index (χ4v) is 5.25. The van der Waals surface area contributed by atoms with Crippen LogP contribution in [0, 0.1) is 5.92 Å². The summed E-state index contributed by atoms with van der Waals surface area (Å²) in [6.45, 7) is 6.72. The monoisotopic (exact) mass is 415 g/mol. The Morgan fingerprint density at radius 2 is 1.72 bits per heavy atom. The first kappa shape index (κ1) is 21.3. The molecule has 1 N–H and O–H groups in total. The van der Waals surface area contributed by atoms with Crippen LogP contribution in [0.15, 0.2) is 59.5 Å². The van der Waals surface area contributed by atoms with Crippen molar-refractivity contribution < 1.29 is 13.2 Å². The SMILES string of the molecule is CCN(CC)c1ccc(NC(=O)C2CCCN(S(=O)(=O)c3ccccc3)C2)cc1. The lowest BCUT2D eigenvalue weighted by atomic mass is 9.98. The second-order valence-electron chi connectivity index (χ2n) is 7.22. The van der Waals surface area contributed by atoms with Gasteiger partial charge in [-0.05, 0) is 63.1 Å². The van der Waals surface area contributed by atoms with Crippen LogP contribution in [0.5, 0.6) is 0 Å². The maximum atomic E-state index is 12.9. The predicted octanol–water partition coefficient (Wildman–Crippen LogP) is 3.57. The minimum Gasteiger partial charge on any atom is -0.372 e. The number of nitrogens with one attached hydrogen (secondary N) is 1. The average Bonchev–Trinajstić information content (AvgIpc) is 2.76. The van der Waals surface area contributed by atoms with Crippen molar-refractivity contribution in [3.8, 4) is 0 Å². The number of nitrogens with zero attached hydrogens (tertiary/aromatic N) is 2. The fraction of sp³-hybridized carbons (Fsp3) is 0.409. The summed E-state index contributed by atoms with van der Waals surface area (Å²) in [5.74, 6) is -0.488. The first-order valence-corrected chi connectivity index (χ1v) is 11.6. The molecule has 1 unspecified atom stereocenters. The molecule has 0 bridgehead atoms. The molecule has 0 radical (unpaired) electrons. The Kier molecular flexibility index (Phi) is 6.92. The normalized spacial score (nSPS) is 17.7. The second-order valence-corrected chi connectivity index (χ2v) is 9.16. The molecule has 0 spiro atoms. The van der Waals surface area contributed by atoms with Crippen LogP contribution in [0.4, 0.5) is 11.4 Å². The van der Waals surface area contributed by atoms with Gasteiger partial charge in [-0.15, -0.1) is 0 Å². The van der Waals surface area contributed by atoms with Crippen LogP contribution in [0.25, 0.3) is 0 Å². The molecule has 6 nitrogen and oxygen atoms in total. The van der Waals surface area contributed by atoms with E-state index in [1.807, 2.05) is 24.3 Å². The lowest BCUT2D eigenvalue weighted by Gasteiger charge is -2.31. The standard InChI is InChI=1S/C22H29N3O3S/c1-3-24(4-2)20-14-12-19(13-15-20)23-22(26)18-9-8-16-25(17-18)29(27,28)21-10-6-5-7-11-21/h5-7,10-15,18H,3-4,8-9,16-17H2,1-2H3,(H,23,26). The summed E-state index contributed by atoms with van der Waals surface area (Å²) in [6.07, 6.45) is 1.36. The third-order valence-electron chi connectivity index (χ3n) is 5.40. The molecule has 1 fully saturated rings. The molecular formula is C22H29N3O3S. The molecule has 1 saturated heterocycles. The maximum Gasteiger partial charge on any atom is 0.243 e. The summed E-state index contributed by atoms with van der Waals surface area (Å²) in [5, 5.41) is 2.95. The van der Waals surface area contributed by atoms with Gasteiger partial charge >= 0.3 is 0 Å². The number of hydrogen-bond donors (Lipinski definition) is 1. The van der Waals surface area contributed by atoms with E-state index in [2.05, 4.69) is 24.1 Å². The summed E-state index contributed by atoms with van der Waals surface area (Å²) in [5.41, 5.74) is 1.85. The second kappa shape index (κ2) is 9.41. The number of carbonyl (C=O) groups is 1. The smallest absolute Gasteiger partial charge is 0.243 e. The third kappa shape index (κ3) is 4.97. The van der Waals surface area contributed by atoms with Crippen molar-refractivity contribution in [1.29, 1.82) is 0 Å². The molecule has 7 heteroatoms. The largest absolute Gasteiger partial charge is 0.372 e. The van der Waals surface area contributed by atoms with Gasteiger partial charge in [-0.2, -0.15) is 4.31 Å². The van der Waals surface area contributed by atoms with E-state index >= 15 is 0 Å². The number of benzene rings is 2. The van der Waals surface area contributed by atoms with Gasteiger partial charge in [-0.3, -0.25) is 4.79 Å². The minimum absolute atomic E-state index is 0.131. The van der Waals surface area contributed by atoms with Crippen molar-refractivity contribution in [3.05, 3.63) is 54.6 Å². The van der Waals surface area contributed by atoms with E-state index in [0.717, 1.165) is 24.5 Å². The van der Waals surface area contributed by atoms with E-state index in [0.29, 0.717) is 19.4 Å². The Hall–Kier alpha value is -2.38. The first-order valence-electron chi connectivity index (χ1n) is 10.2. The molecule has 1 aliphatic rings. The molecule has 1 heterocycles. The van der Waals surface area contributed by atoms with Crippen molar-refractivity contribution in [2.45, 2.75) is 31.6 Å². The van der Waals surface area contributed by atoms with Crippen molar-refractivity contribution >= 4 is 27.3 Å². The van der Waals surface area contributed by atoms with Gasteiger partial charge in [0.05, 0.1) is 10.8 Å². The molecule has 29 heavy (non-hydrogen) atoms. The summed E-state index contributed by atoms with van der Waals surface area (Å²) < 4.78 is 27.2. The fourth-order valence-electron chi connectivity index (χ4n) is 3.70. The number of anilines is 2. The highest BCUT2D eigenvalue weighted by Gasteiger charge is 2.33. The number of rotatable bonds is 7. The van der Waals surface area contributed by atoms with Gasteiger partial charge in [0.2, 0.25) is 15.9 Å². The highest BCUT2D eigenvalue weighted by Crippen LogP contribution is 2.25. The van der Waals surface area contributed by atoms with E-state index in [9.17, 15) is 13.2 Å². The summed E-state index contributed by atoms with van der Waals surface area (Å²) >= 11 is 0. The molecular weight excluding hydrogens is 386 g/mol. The van der Waals surface area contributed by atoms with Gasteiger partial charge in [0.25, 0.3) is 0 Å². The zero-order valence-electron chi connectivity index (χ0n) is 17.0. The Morgan fingerprint density at radius 1 is 1.07 bits per heavy atom. The van der Waals surface area contributed by atoms with Gasteiger partial charge in [-0.1, -0.05) is 18.2 Å². The zero-order chi connectivity index (χ0) is 20.9. The third-order valence-corrected chi connectivity index (χ3v) is 7.28. The van der Waals surface area contributed by atoms with Crippen molar-refractivity contribution in [2.75, 3.05) is 36.4 Å². The van der Waals surface area contributed by atoms with Crippen LogP contribution in [-0.4, -0.2) is 44.8 Å². The van der Waals surface area contributed by atoms with Crippen molar-refractivity contribution in [2.24, 2.45) is 5.92 Å². The average molecular weight is 416 g/mol. The lowest BCUT2D eigenvalue weighted by molar-refractivity contribution is -0.120. The molecule has 2 aromatic rings. The topological polar surface area (TPSA) is 69.7 Å². The van der Waals surface area contributed by atoms with E-state index in [1.165, 1.54) is 4.31 Å². The number of sulfonamides is 1. The minimum atomic E-state index is -3.57. The van der Waals surface area contributed by atoms with Gasteiger partial charge < -0.3 is 10.2 Å². The summed E-state index contributed by atoms with van der Waals surface area (Å²) in [6, 6.07) is 16.2. The molecule has 1 atom stereocenters. The van der Waals surface area contributed by atoms with Crippen molar-refractivity contribution in [1.82, 2.24) is 4.31 Å². The molecule has 0 saturated carbocycles. The first-order chi connectivity index (χ1) is 14.0. The van der Waals surface area contributed by atoms with Gasteiger partial charge in [-0.25, -0.2) is 8.42 Å². The number of amides is 1. The number of hydrogen-bond acceptors (Lipinski definition) is 4. The molecule has 0 aliphatic carbocycles. The van der Waals surface area contributed by atoms with Gasteiger partial charge in [0, 0.05) is 37.6 Å². The van der Waals surface area contributed by atoms with Gasteiger partial charge in [0.1, 0.15) is 0 Å². The molecule has 0 aromatic heterocycles. The predicted molar refractivity (Wildman–Crippen MR) is 117 cm³/mol. The van der Waals surface area contributed by atoms with Crippen LogP contribution < -0.4 is 10.2 Å². The van der Waals surface area contributed by atoms with Crippen LogP contribution in [0.1, 0.15) is 26.7 Å². The Labute approximate surface area is 173 Å². The molecule has 156 valence electrons. The Morgan fingerprint density at radius 3 is 2.34 bits per heavy atom. The molecule has 1 aliphatic heterocycles. The van der Waals surface area contributed by atoms with E-state index < -0.39 is 10.0 Å². The Balaban J connectivity index is 1.65. The quantitative estimate of drug-likeness (QED) is 0.751. The number of piperidine rings is 1. The van der Waals surface area contributed by atoms with E-state index in [-0.39, 0.29) is 23.3 Å².